The third kappa shape index (κ3) is 7.98. The number of carbonyl (C=O) groups is 2. The van der Waals surface area contributed by atoms with Gasteiger partial charge in [-0.15, -0.1) is 0 Å². The first-order chi connectivity index (χ1) is 18.6. The SMILES string of the molecule is COc1ccc(CN(C(=O)OC(C)(C)C)C2CCC(C(=O)N3CCO[C@@H](Cc4ccccc4)C3)CC2)cc1C. The molecule has 7 nitrogen and oxygen atoms in total. The third-order valence-electron chi connectivity index (χ3n) is 7.68. The number of hydrogen-bond acceptors (Lipinski definition) is 5. The van der Waals surface area contributed by atoms with Gasteiger partial charge >= 0.3 is 6.09 Å². The fourth-order valence-electron chi connectivity index (χ4n) is 5.71. The number of hydrogen-bond donors (Lipinski definition) is 0. The highest BCUT2D eigenvalue weighted by molar-refractivity contribution is 5.79. The van der Waals surface area contributed by atoms with Crippen LogP contribution in [0, 0.1) is 12.8 Å². The lowest BCUT2D eigenvalue weighted by atomic mass is 9.84. The second-order valence-electron chi connectivity index (χ2n) is 11.9. The number of aryl methyl sites for hydroxylation is 1. The minimum Gasteiger partial charge on any atom is -0.496 e. The van der Waals surface area contributed by atoms with E-state index in [1.807, 2.05) is 67.8 Å². The molecule has 0 aromatic heterocycles. The molecular weight excluding hydrogens is 492 g/mol. The summed E-state index contributed by atoms with van der Waals surface area (Å²) in [5, 5.41) is 0. The van der Waals surface area contributed by atoms with Crippen molar-refractivity contribution >= 4 is 12.0 Å². The lowest BCUT2D eigenvalue weighted by molar-refractivity contribution is -0.144. The Morgan fingerprint density at radius 3 is 2.38 bits per heavy atom. The number of methoxy groups -OCH3 is 1. The molecule has 0 N–H and O–H groups in total. The largest absolute Gasteiger partial charge is 0.496 e. The molecule has 1 aliphatic heterocycles. The third-order valence-corrected chi connectivity index (χ3v) is 7.68. The van der Waals surface area contributed by atoms with Crippen LogP contribution < -0.4 is 4.74 Å². The molecule has 2 aliphatic rings. The smallest absolute Gasteiger partial charge is 0.410 e. The zero-order chi connectivity index (χ0) is 28.0. The minimum atomic E-state index is -0.578. The molecule has 7 heteroatoms. The second kappa shape index (κ2) is 12.9. The number of carbonyl (C=O) groups excluding carboxylic acids is 2. The zero-order valence-corrected chi connectivity index (χ0v) is 24.2. The summed E-state index contributed by atoms with van der Waals surface area (Å²) in [6.07, 6.45) is 3.63. The van der Waals surface area contributed by atoms with Crippen molar-refractivity contribution in [2.24, 2.45) is 5.92 Å². The summed E-state index contributed by atoms with van der Waals surface area (Å²) in [5.74, 6) is 1.04. The first-order valence-corrected chi connectivity index (χ1v) is 14.2. The Kier molecular flexibility index (Phi) is 9.54. The van der Waals surface area contributed by atoms with Gasteiger partial charge in [-0.05, 0) is 76.1 Å². The van der Waals surface area contributed by atoms with Crippen molar-refractivity contribution in [3.05, 3.63) is 65.2 Å². The molecule has 1 saturated heterocycles. The Morgan fingerprint density at radius 1 is 1.03 bits per heavy atom. The molecule has 1 heterocycles. The van der Waals surface area contributed by atoms with E-state index >= 15 is 0 Å². The van der Waals surface area contributed by atoms with Gasteiger partial charge < -0.3 is 24.0 Å². The van der Waals surface area contributed by atoms with E-state index in [0.29, 0.717) is 26.2 Å². The predicted molar refractivity (Wildman–Crippen MR) is 152 cm³/mol. The van der Waals surface area contributed by atoms with Gasteiger partial charge in [-0.25, -0.2) is 4.79 Å². The van der Waals surface area contributed by atoms with E-state index in [4.69, 9.17) is 14.2 Å². The molecule has 0 spiro atoms. The Labute approximate surface area is 233 Å². The zero-order valence-electron chi connectivity index (χ0n) is 24.2. The summed E-state index contributed by atoms with van der Waals surface area (Å²) in [7, 11) is 1.66. The van der Waals surface area contributed by atoms with E-state index in [0.717, 1.165) is 49.0 Å². The average Bonchev–Trinajstić information content (AvgIpc) is 2.91. The summed E-state index contributed by atoms with van der Waals surface area (Å²) >= 11 is 0. The molecule has 2 amide bonds. The van der Waals surface area contributed by atoms with Crippen molar-refractivity contribution in [1.29, 1.82) is 0 Å². The van der Waals surface area contributed by atoms with Gasteiger partial charge in [0.05, 0.1) is 19.8 Å². The van der Waals surface area contributed by atoms with E-state index in [1.165, 1.54) is 5.56 Å². The monoisotopic (exact) mass is 536 g/mol. The highest BCUT2D eigenvalue weighted by Gasteiger charge is 2.36. The Morgan fingerprint density at radius 2 is 1.74 bits per heavy atom. The van der Waals surface area contributed by atoms with Crippen LogP contribution in [-0.2, 0) is 27.2 Å². The van der Waals surface area contributed by atoms with Crippen LogP contribution in [0.15, 0.2) is 48.5 Å². The number of morpholine rings is 1. The summed E-state index contributed by atoms with van der Waals surface area (Å²) < 4.78 is 17.2. The number of rotatable bonds is 7. The summed E-state index contributed by atoms with van der Waals surface area (Å²) in [5.41, 5.74) is 2.72. The van der Waals surface area contributed by atoms with Crippen molar-refractivity contribution in [3.8, 4) is 5.75 Å². The van der Waals surface area contributed by atoms with Gasteiger partial charge in [0.15, 0.2) is 0 Å². The topological polar surface area (TPSA) is 68.3 Å². The normalized spacial score (nSPS) is 21.8. The van der Waals surface area contributed by atoms with Gasteiger partial charge in [0.1, 0.15) is 11.4 Å². The maximum absolute atomic E-state index is 13.5. The van der Waals surface area contributed by atoms with Gasteiger partial charge in [0.2, 0.25) is 5.91 Å². The van der Waals surface area contributed by atoms with Crippen molar-refractivity contribution in [3.63, 3.8) is 0 Å². The van der Waals surface area contributed by atoms with E-state index in [1.54, 1.807) is 7.11 Å². The molecule has 1 saturated carbocycles. The molecule has 1 aliphatic carbocycles. The van der Waals surface area contributed by atoms with Crippen LogP contribution in [0.2, 0.25) is 0 Å². The van der Waals surface area contributed by atoms with E-state index in [-0.39, 0.29) is 30.1 Å². The minimum absolute atomic E-state index is 0.0135. The van der Waals surface area contributed by atoms with Gasteiger partial charge in [-0.2, -0.15) is 0 Å². The number of amides is 2. The first-order valence-electron chi connectivity index (χ1n) is 14.2. The van der Waals surface area contributed by atoms with Crippen LogP contribution in [0.25, 0.3) is 0 Å². The van der Waals surface area contributed by atoms with Crippen molar-refractivity contribution in [2.75, 3.05) is 26.8 Å². The molecule has 2 aromatic rings. The molecule has 1 atom stereocenters. The summed E-state index contributed by atoms with van der Waals surface area (Å²) in [6.45, 7) is 10.0. The van der Waals surface area contributed by atoms with Crippen LogP contribution in [0.5, 0.6) is 5.75 Å². The predicted octanol–water partition coefficient (Wildman–Crippen LogP) is 5.77. The Hall–Kier alpha value is -3.06. The fraction of sp³-hybridized carbons (Fsp3) is 0.562. The van der Waals surface area contributed by atoms with Gasteiger partial charge in [0.25, 0.3) is 0 Å². The molecule has 0 bridgehead atoms. The van der Waals surface area contributed by atoms with Crippen molar-refractivity contribution in [2.45, 2.75) is 84.1 Å². The Balaban J connectivity index is 1.38. The molecular formula is C32H44N2O5. The van der Waals surface area contributed by atoms with E-state index < -0.39 is 5.60 Å². The van der Waals surface area contributed by atoms with Crippen molar-refractivity contribution in [1.82, 2.24) is 9.80 Å². The quantitative estimate of drug-likeness (QED) is 0.449. The highest BCUT2D eigenvalue weighted by atomic mass is 16.6. The number of ether oxygens (including phenoxy) is 3. The lowest BCUT2D eigenvalue weighted by Crippen LogP contribution is -2.50. The van der Waals surface area contributed by atoms with Crippen LogP contribution in [0.1, 0.15) is 63.1 Å². The molecule has 0 unspecified atom stereocenters. The van der Waals surface area contributed by atoms with Gasteiger partial charge in [-0.1, -0.05) is 42.5 Å². The molecule has 2 fully saturated rings. The standard InChI is InChI=1S/C32H44N2O5/c1-23-19-25(11-16-29(23)37-5)21-34(31(36)39-32(2,3)4)27-14-12-26(13-15-27)30(35)33-17-18-38-28(22-33)20-24-9-7-6-8-10-24/h6-11,16,19,26-28H,12-15,17-18,20-22H2,1-5H3/t26?,27?,28-/m0/s1. The fourth-order valence-corrected chi connectivity index (χ4v) is 5.71. The van der Waals surface area contributed by atoms with Gasteiger partial charge in [-0.3, -0.25) is 4.79 Å². The van der Waals surface area contributed by atoms with Crippen molar-refractivity contribution < 1.29 is 23.8 Å². The van der Waals surface area contributed by atoms with Crippen LogP contribution in [0.4, 0.5) is 4.79 Å². The molecule has 39 heavy (non-hydrogen) atoms. The summed E-state index contributed by atoms with van der Waals surface area (Å²) in [6, 6.07) is 16.3. The number of nitrogens with zero attached hydrogens (tertiary/aromatic N) is 2. The molecule has 4 rings (SSSR count). The Bertz CT molecular complexity index is 1110. The lowest BCUT2D eigenvalue weighted by Gasteiger charge is -2.40. The van der Waals surface area contributed by atoms with Crippen LogP contribution in [0.3, 0.4) is 0 Å². The van der Waals surface area contributed by atoms with Crippen LogP contribution >= 0.6 is 0 Å². The molecule has 212 valence electrons. The molecule has 2 aromatic carbocycles. The van der Waals surface area contributed by atoms with E-state index in [2.05, 4.69) is 18.2 Å². The average molecular weight is 537 g/mol. The summed E-state index contributed by atoms with van der Waals surface area (Å²) in [4.78, 5) is 30.7. The highest BCUT2D eigenvalue weighted by Crippen LogP contribution is 2.32. The van der Waals surface area contributed by atoms with E-state index in [9.17, 15) is 9.59 Å². The maximum Gasteiger partial charge on any atom is 0.410 e. The second-order valence-corrected chi connectivity index (χ2v) is 11.9. The molecule has 0 radical (unpaired) electrons. The number of benzene rings is 2. The first kappa shape index (κ1) is 28.9. The van der Waals surface area contributed by atoms with Gasteiger partial charge in [0, 0.05) is 38.0 Å². The maximum atomic E-state index is 13.5. The van der Waals surface area contributed by atoms with Crippen LogP contribution in [-0.4, -0.2) is 66.4 Å².